The zero-order valence-corrected chi connectivity index (χ0v) is 46.5. The average Bonchev–Trinajstić information content (AvgIpc) is 4.11. The Labute approximate surface area is 474 Å². The number of aromatic amines is 2. The van der Waals surface area contributed by atoms with Gasteiger partial charge >= 0.3 is 0 Å². The highest BCUT2D eigenvalue weighted by Gasteiger charge is 2.34. The maximum atomic E-state index is 14.9. The molecule has 2 heterocycles. The fraction of sp³-hybridized carbons (Fsp3) is 0.426. The number of carbonyl (C=O) groups is 9. The molecule has 26 heteroatoms. The number of rotatable bonds is 33. The molecule has 0 aliphatic carbocycles. The standard InChI is InChI=1S/C54H73N15O9S2/c1-3-4-14-39(63-31(2)70)49(74)69-45(29-80)53(78)68-43(25-36-27-58-30-62-36)52(77)66-41(23-32-18-19-33-11-5-6-12-34(33)22-32)51(76)65-40(16-9-21-60-54(56)57)50(75)67-42(24-35-26-61-38-15-8-7-13-37(35)38)48(73)59-20-10-17-46(71)64-44(28-79)47(55)72/h5-8,11-13,15,18-19,22,26-27,30,39-45,61,79-80H,3-4,9-10,14,16-17,20-21,23-25,28-29H2,1-2H3,(H2,55,72)(H,58,62)(H,59,73)(H,63,70)(H,64,71)(H,65,76)(H,66,77)(H,67,75)(H,68,78)(H,69,74)(H4,56,57,60)/t39-,40-,41+,42-,43-,44-,45-/m0/s1. The third-order valence-corrected chi connectivity index (χ3v) is 13.6. The quantitative estimate of drug-likeness (QED) is 0.0114. The molecule has 0 aliphatic heterocycles. The maximum Gasteiger partial charge on any atom is 0.244 e. The first-order chi connectivity index (χ1) is 38.4. The lowest BCUT2D eigenvalue weighted by atomic mass is 9.99. The van der Waals surface area contributed by atoms with Crippen LogP contribution >= 0.6 is 25.3 Å². The van der Waals surface area contributed by atoms with Gasteiger partial charge in [0.1, 0.15) is 42.3 Å². The number of hydrogen-bond donors (Lipinski definition) is 15. The second kappa shape index (κ2) is 32.1. The Balaban J connectivity index is 1.44. The van der Waals surface area contributed by atoms with E-state index >= 15 is 0 Å². The summed E-state index contributed by atoms with van der Waals surface area (Å²) in [5, 5.41) is 24.3. The number of para-hydroxylation sites is 1. The fourth-order valence-electron chi connectivity index (χ4n) is 8.67. The van der Waals surface area contributed by atoms with E-state index in [-0.39, 0.29) is 75.5 Å². The molecular weight excluding hydrogens is 1070 g/mol. The van der Waals surface area contributed by atoms with Crippen molar-refractivity contribution in [3.05, 3.63) is 102 Å². The normalized spacial score (nSPS) is 13.7. The Bertz CT molecular complexity index is 2950. The zero-order valence-electron chi connectivity index (χ0n) is 44.7. The Morgan fingerprint density at radius 3 is 1.84 bits per heavy atom. The molecule has 16 N–H and O–H groups in total. The van der Waals surface area contributed by atoms with E-state index in [0.29, 0.717) is 29.7 Å². The number of unbranched alkanes of at least 4 members (excludes halogenated alkanes) is 1. The lowest BCUT2D eigenvalue weighted by Crippen LogP contribution is -2.60. The summed E-state index contributed by atoms with van der Waals surface area (Å²) in [5.74, 6) is -6.41. The van der Waals surface area contributed by atoms with Crippen LogP contribution in [0.15, 0.2) is 90.4 Å². The van der Waals surface area contributed by atoms with Crippen LogP contribution in [-0.4, -0.2) is 141 Å². The minimum Gasteiger partial charge on any atom is -0.370 e. The minimum absolute atomic E-state index is 0.000202. The number of benzene rings is 3. The monoisotopic (exact) mass is 1140 g/mol. The highest BCUT2D eigenvalue weighted by molar-refractivity contribution is 7.80. The lowest BCUT2D eigenvalue weighted by Gasteiger charge is -2.27. The number of carbonyl (C=O) groups excluding carboxylic acids is 9. The molecule has 0 saturated heterocycles. The van der Waals surface area contributed by atoms with Crippen LogP contribution in [0.1, 0.15) is 75.6 Å². The van der Waals surface area contributed by atoms with Crippen molar-refractivity contribution in [1.29, 1.82) is 0 Å². The van der Waals surface area contributed by atoms with Crippen molar-refractivity contribution in [2.45, 2.75) is 120 Å². The maximum absolute atomic E-state index is 14.9. The predicted octanol–water partition coefficient (Wildman–Crippen LogP) is -0.0293. The van der Waals surface area contributed by atoms with Gasteiger partial charge in [0.25, 0.3) is 0 Å². The second-order valence-corrected chi connectivity index (χ2v) is 19.9. The van der Waals surface area contributed by atoms with E-state index in [9.17, 15) is 43.2 Å². The number of nitrogens with two attached hydrogens (primary N) is 3. The minimum atomic E-state index is -1.40. The molecule has 5 rings (SSSR count). The van der Waals surface area contributed by atoms with E-state index in [1.807, 2.05) is 67.6 Å². The van der Waals surface area contributed by atoms with Crippen LogP contribution in [0, 0.1) is 0 Å². The van der Waals surface area contributed by atoms with Crippen LogP contribution in [0.25, 0.3) is 21.7 Å². The van der Waals surface area contributed by atoms with Gasteiger partial charge in [-0.15, -0.1) is 0 Å². The Morgan fingerprint density at radius 2 is 1.20 bits per heavy atom. The number of aliphatic imine (C=N–C) groups is 1. The molecule has 5 aromatic rings. The van der Waals surface area contributed by atoms with E-state index in [1.165, 1.54) is 19.4 Å². The molecule has 0 spiro atoms. The van der Waals surface area contributed by atoms with Crippen LogP contribution in [0.3, 0.4) is 0 Å². The molecule has 0 bridgehead atoms. The van der Waals surface area contributed by atoms with Crippen LogP contribution < -0.4 is 59.7 Å². The van der Waals surface area contributed by atoms with Gasteiger partial charge in [-0.25, -0.2) is 4.98 Å². The van der Waals surface area contributed by atoms with Gasteiger partial charge < -0.3 is 69.7 Å². The van der Waals surface area contributed by atoms with Crippen molar-refractivity contribution in [1.82, 2.24) is 57.5 Å². The first-order valence-electron chi connectivity index (χ1n) is 26.3. The number of hydrogen-bond acceptors (Lipinski definition) is 13. The SMILES string of the molecule is CCCC[C@H](NC(C)=O)C(=O)N[C@@H](CS)C(=O)N[C@@H](Cc1cnc[nH]1)C(=O)N[C@H](Cc1ccc2ccccc2c1)C(=O)N[C@@H](CCCN=C(N)N)C(=O)N[C@@H](Cc1c[nH]c2ccccc12)C(=O)NCCCC(=O)N[C@@H](CS)C(N)=O. The molecule has 0 unspecified atom stereocenters. The average molecular weight is 1140 g/mol. The molecule has 9 amide bonds. The summed E-state index contributed by atoms with van der Waals surface area (Å²) in [5.41, 5.74) is 19.1. The van der Waals surface area contributed by atoms with Gasteiger partial charge in [-0.1, -0.05) is 80.4 Å². The van der Waals surface area contributed by atoms with Crippen molar-refractivity contribution < 1.29 is 43.2 Å². The number of nitrogens with one attached hydrogen (secondary N) is 10. The summed E-state index contributed by atoms with van der Waals surface area (Å²) in [6, 6.07) is 12.0. The molecular formula is C54H73N15O9S2. The van der Waals surface area contributed by atoms with Crippen LogP contribution in [0.4, 0.5) is 0 Å². The summed E-state index contributed by atoms with van der Waals surface area (Å²) in [7, 11) is 0. The van der Waals surface area contributed by atoms with Gasteiger partial charge in [-0.2, -0.15) is 25.3 Å². The van der Waals surface area contributed by atoms with Crippen LogP contribution in [-0.2, 0) is 62.4 Å². The molecule has 0 fully saturated rings. The summed E-state index contributed by atoms with van der Waals surface area (Å²) in [4.78, 5) is 136. The van der Waals surface area contributed by atoms with Crippen molar-refractivity contribution >= 4 is 106 Å². The van der Waals surface area contributed by atoms with Gasteiger partial charge in [0.2, 0.25) is 53.2 Å². The first-order valence-corrected chi connectivity index (χ1v) is 27.6. The highest BCUT2D eigenvalue weighted by atomic mass is 32.1. The molecule has 0 radical (unpaired) electrons. The third kappa shape index (κ3) is 20.0. The number of imidazole rings is 1. The number of primary amides is 1. The second-order valence-electron chi connectivity index (χ2n) is 19.2. The number of thiol groups is 2. The van der Waals surface area contributed by atoms with Gasteiger partial charge in [-0.3, -0.25) is 48.1 Å². The molecule has 24 nitrogen and oxygen atoms in total. The summed E-state index contributed by atoms with van der Waals surface area (Å²) in [6.07, 6.45) is 6.23. The molecule has 0 aliphatic rings. The van der Waals surface area contributed by atoms with Gasteiger partial charge in [-0.05, 0) is 53.6 Å². The number of fused-ring (bicyclic) bond motifs is 2. The van der Waals surface area contributed by atoms with Crippen molar-refractivity contribution in [2.75, 3.05) is 24.6 Å². The third-order valence-electron chi connectivity index (χ3n) is 12.9. The lowest BCUT2D eigenvalue weighted by molar-refractivity contribution is -0.135. The molecule has 80 heavy (non-hydrogen) atoms. The van der Waals surface area contributed by atoms with Crippen molar-refractivity contribution in [3.8, 4) is 0 Å². The van der Waals surface area contributed by atoms with Gasteiger partial charge in [0.15, 0.2) is 5.96 Å². The van der Waals surface area contributed by atoms with E-state index in [0.717, 1.165) is 28.1 Å². The van der Waals surface area contributed by atoms with E-state index < -0.39 is 95.5 Å². The number of guanidine groups is 1. The van der Waals surface area contributed by atoms with Crippen molar-refractivity contribution in [2.24, 2.45) is 22.2 Å². The Hall–Kier alpha value is -8.13. The van der Waals surface area contributed by atoms with E-state index in [4.69, 9.17) is 17.2 Å². The molecule has 0 saturated carbocycles. The van der Waals surface area contributed by atoms with Gasteiger partial charge in [0.05, 0.1) is 6.33 Å². The zero-order chi connectivity index (χ0) is 58.1. The number of aromatic nitrogens is 3. The molecule has 7 atom stereocenters. The van der Waals surface area contributed by atoms with E-state index in [2.05, 4.69) is 87.7 Å². The largest absolute Gasteiger partial charge is 0.370 e. The summed E-state index contributed by atoms with van der Waals surface area (Å²) in [6.45, 7) is 3.28. The smallest absolute Gasteiger partial charge is 0.244 e. The predicted molar refractivity (Wildman–Crippen MR) is 310 cm³/mol. The Kier molecular flexibility index (Phi) is 25.1. The highest BCUT2D eigenvalue weighted by Crippen LogP contribution is 2.21. The molecule has 3 aromatic carbocycles. The molecule has 430 valence electrons. The molecule has 2 aromatic heterocycles. The van der Waals surface area contributed by atoms with E-state index in [1.54, 1.807) is 12.3 Å². The van der Waals surface area contributed by atoms with Crippen LogP contribution in [0.2, 0.25) is 0 Å². The number of nitrogens with zero attached hydrogens (tertiary/aromatic N) is 2. The van der Waals surface area contributed by atoms with Crippen LogP contribution in [0.5, 0.6) is 0 Å². The fourth-order valence-corrected chi connectivity index (χ4v) is 9.20. The number of amides is 9. The summed E-state index contributed by atoms with van der Waals surface area (Å²) < 4.78 is 0. The number of H-pyrrole nitrogens is 2. The van der Waals surface area contributed by atoms with Gasteiger partial charge in [0, 0.05) is 86.2 Å². The summed E-state index contributed by atoms with van der Waals surface area (Å²) >= 11 is 8.38. The first kappa shape index (κ1) is 62.7. The Morgan fingerprint density at radius 1 is 0.613 bits per heavy atom. The topological polar surface area (TPSA) is 385 Å². The van der Waals surface area contributed by atoms with Crippen molar-refractivity contribution in [3.63, 3.8) is 0 Å².